The fourth-order valence-electron chi connectivity index (χ4n) is 1.59. The topological polar surface area (TPSA) is 80.6 Å². The molecule has 0 radical (unpaired) electrons. The molecule has 6 heteroatoms. The Morgan fingerprint density at radius 2 is 1.76 bits per heavy atom. The second-order valence-corrected chi connectivity index (χ2v) is 4.18. The zero-order chi connectivity index (χ0) is 14.9. The van der Waals surface area contributed by atoms with Gasteiger partial charge in [0.25, 0.3) is 0 Å². The third-order valence-corrected chi connectivity index (χ3v) is 2.61. The smallest absolute Gasteiger partial charge is 0.309 e. The highest BCUT2D eigenvalue weighted by atomic mass is 16.5. The van der Waals surface area contributed by atoms with Crippen LogP contribution in [0.25, 0.3) is 0 Å². The van der Waals surface area contributed by atoms with E-state index in [-0.39, 0.29) is 13.1 Å². The second kappa shape index (κ2) is 7.74. The number of carbonyl (C=O) groups is 2. The van der Waals surface area contributed by atoms with E-state index >= 15 is 0 Å². The number of para-hydroxylation sites is 1. The average Bonchev–Trinajstić information content (AvgIpc) is 3.03. The van der Waals surface area contributed by atoms with Crippen molar-refractivity contribution in [2.75, 3.05) is 13.2 Å². The predicted octanol–water partition coefficient (Wildman–Crippen LogP) is 1.09. The van der Waals surface area contributed by atoms with E-state index in [2.05, 4.69) is 10.6 Å². The van der Waals surface area contributed by atoms with E-state index in [4.69, 9.17) is 9.15 Å². The molecular weight excluding hydrogens is 272 g/mol. The largest absolute Gasteiger partial charge is 0.492 e. The minimum atomic E-state index is -0.703. The van der Waals surface area contributed by atoms with Gasteiger partial charge in [0.1, 0.15) is 18.1 Å². The van der Waals surface area contributed by atoms with Gasteiger partial charge >= 0.3 is 11.8 Å². The summed E-state index contributed by atoms with van der Waals surface area (Å²) in [6.45, 7) is 0.725. The van der Waals surface area contributed by atoms with Gasteiger partial charge in [-0.2, -0.15) is 0 Å². The Hall–Kier alpha value is -2.76. The Kier molecular flexibility index (Phi) is 5.40. The van der Waals surface area contributed by atoms with Crippen LogP contribution in [0.3, 0.4) is 0 Å². The molecule has 0 unspecified atom stereocenters. The minimum absolute atomic E-state index is 0.180. The molecule has 21 heavy (non-hydrogen) atoms. The Morgan fingerprint density at radius 3 is 2.48 bits per heavy atom. The van der Waals surface area contributed by atoms with Crippen LogP contribution in [0.2, 0.25) is 0 Å². The van der Waals surface area contributed by atoms with Crippen LogP contribution in [0.4, 0.5) is 0 Å². The molecule has 1 heterocycles. The van der Waals surface area contributed by atoms with Crippen molar-refractivity contribution in [3.63, 3.8) is 0 Å². The molecule has 2 N–H and O–H groups in total. The average molecular weight is 288 g/mol. The molecule has 2 aromatic rings. The number of hydrogen-bond donors (Lipinski definition) is 2. The summed E-state index contributed by atoms with van der Waals surface area (Å²) < 4.78 is 10.4. The lowest BCUT2D eigenvalue weighted by Gasteiger charge is -2.07. The van der Waals surface area contributed by atoms with E-state index in [0.29, 0.717) is 18.1 Å². The highest BCUT2D eigenvalue weighted by Crippen LogP contribution is 2.07. The summed E-state index contributed by atoms with van der Waals surface area (Å²) in [6, 6.07) is 12.7. The predicted molar refractivity (Wildman–Crippen MR) is 75.5 cm³/mol. The zero-order valence-electron chi connectivity index (χ0n) is 11.4. The van der Waals surface area contributed by atoms with Gasteiger partial charge in [0.05, 0.1) is 19.4 Å². The number of amides is 2. The maximum Gasteiger partial charge on any atom is 0.309 e. The van der Waals surface area contributed by atoms with E-state index in [1.165, 1.54) is 6.26 Å². The number of rotatable bonds is 6. The quantitative estimate of drug-likeness (QED) is 0.616. The van der Waals surface area contributed by atoms with Gasteiger partial charge in [0.15, 0.2) is 0 Å². The molecule has 6 nitrogen and oxygen atoms in total. The van der Waals surface area contributed by atoms with Crippen LogP contribution in [-0.4, -0.2) is 25.0 Å². The summed E-state index contributed by atoms with van der Waals surface area (Å²) in [4.78, 5) is 23.0. The summed E-state index contributed by atoms with van der Waals surface area (Å²) in [5.41, 5.74) is 0. The standard InChI is InChI=1S/C15H16N2O4/c18-14(15(19)17-11-13-7-4-9-20-13)16-8-10-21-12-5-2-1-3-6-12/h1-7,9H,8,10-11H2,(H,16,18)(H,17,19). The van der Waals surface area contributed by atoms with Crippen LogP contribution in [0.1, 0.15) is 5.76 Å². The van der Waals surface area contributed by atoms with Crippen molar-refractivity contribution < 1.29 is 18.7 Å². The summed E-state index contributed by atoms with van der Waals surface area (Å²) in [5.74, 6) is -0.0955. The van der Waals surface area contributed by atoms with Crippen LogP contribution in [-0.2, 0) is 16.1 Å². The molecule has 0 atom stereocenters. The highest BCUT2D eigenvalue weighted by Gasteiger charge is 2.12. The summed E-state index contributed by atoms with van der Waals surface area (Å²) in [7, 11) is 0. The first-order valence-electron chi connectivity index (χ1n) is 6.52. The van der Waals surface area contributed by atoms with Crippen LogP contribution < -0.4 is 15.4 Å². The number of hydrogen-bond acceptors (Lipinski definition) is 4. The zero-order valence-corrected chi connectivity index (χ0v) is 11.4. The first-order chi connectivity index (χ1) is 10.3. The van der Waals surface area contributed by atoms with Gasteiger partial charge in [-0.25, -0.2) is 0 Å². The Labute approximate surface area is 122 Å². The van der Waals surface area contributed by atoms with Crippen LogP contribution in [0.15, 0.2) is 53.1 Å². The molecule has 1 aromatic carbocycles. The summed E-state index contributed by atoms with van der Waals surface area (Å²) >= 11 is 0. The number of carbonyl (C=O) groups excluding carboxylic acids is 2. The van der Waals surface area contributed by atoms with Crippen molar-refractivity contribution >= 4 is 11.8 Å². The molecule has 0 aliphatic carbocycles. The molecule has 0 fully saturated rings. The SMILES string of the molecule is O=C(NCCOc1ccccc1)C(=O)NCc1ccco1. The fourth-order valence-corrected chi connectivity index (χ4v) is 1.59. The molecule has 1 aromatic heterocycles. The maximum absolute atomic E-state index is 11.5. The van der Waals surface area contributed by atoms with Gasteiger partial charge < -0.3 is 19.8 Å². The molecule has 0 aliphatic rings. The number of benzene rings is 1. The third kappa shape index (κ3) is 5.02. The number of furan rings is 1. The summed E-state index contributed by atoms with van der Waals surface area (Å²) in [6.07, 6.45) is 1.50. The molecular formula is C15H16N2O4. The van der Waals surface area contributed by atoms with E-state index in [0.717, 1.165) is 0 Å². The second-order valence-electron chi connectivity index (χ2n) is 4.18. The number of ether oxygens (including phenoxy) is 1. The van der Waals surface area contributed by atoms with Gasteiger partial charge in [0, 0.05) is 0 Å². The lowest BCUT2D eigenvalue weighted by Crippen LogP contribution is -2.41. The lowest BCUT2D eigenvalue weighted by atomic mass is 10.3. The van der Waals surface area contributed by atoms with Crippen molar-refractivity contribution in [2.24, 2.45) is 0 Å². The molecule has 0 spiro atoms. The van der Waals surface area contributed by atoms with E-state index in [1.54, 1.807) is 12.1 Å². The Morgan fingerprint density at radius 1 is 1.00 bits per heavy atom. The third-order valence-electron chi connectivity index (χ3n) is 2.61. The first-order valence-corrected chi connectivity index (χ1v) is 6.52. The molecule has 0 aliphatic heterocycles. The monoisotopic (exact) mass is 288 g/mol. The molecule has 0 bridgehead atoms. The normalized spacial score (nSPS) is 9.90. The molecule has 0 saturated heterocycles. The van der Waals surface area contributed by atoms with Crippen molar-refractivity contribution in [3.05, 3.63) is 54.5 Å². The van der Waals surface area contributed by atoms with Gasteiger partial charge in [-0.15, -0.1) is 0 Å². The lowest BCUT2D eigenvalue weighted by molar-refractivity contribution is -0.139. The first kappa shape index (κ1) is 14.6. The van der Waals surface area contributed by atoms with E-state index in [9.17, 15) is 9.59 Å². The maximum atomic E-state index is 11.5. The minimum Gasteiger partial charge on any atom is -0.492 e. The van der Waals surface area contributed by atoms with Gasteiger partial charge in [-0.05, 0) is 24.3 Å². The van der Waals surface area contributed by atoms with E-state index < -0.39 is 11.8 Å². The van der Waals surface area contributed by atoms with Crippen molar-refractivity contribution in [1.29, 1.82) is 0 Å². The highest BCUT2D eigenvalue weighted by molar-refractivity contribution is 6.35. The number of nitrogens with one attached hydrogen (secondary N) is 2. The molecule has 2 rings (SSSR count). The summed E-state index contributed by atoms with van der Waals surface area (Å²) in [5, 5.41) is 4.93. The van der Waals surface area contributed by atoms with Crippen molar-refractivity contribution in [2.45, 2.75) is 6.54 Å². The molecule has 0 saturated carbocycles. The van der Waals surface area contributed by atoms with Gasteiger partial charge in [-0.3, -0.25) is 9.59 Å². The molecule has 110 valence electrons. The van der Waals surface area contributed by atoms with E-state index in [1.807, 2.05) is 30.3 Å². The molecule has 2 amide bonds. The fraction of sp³-hybridized carbons (Fsp3) is 0.200. The van der Waals surface area contributed by atoms with Crippen LogP contribution >= 0.6 is 0 Å². The van der Waals surface area contributed by atoms with Gasteiger partial charge in [0.2, 0.25) is 0 Å². The Balaban J connectivity index is 1.61. The Bertz CT molecular complexity index is 567. The van der Waals surface area contributed by atoms with Crippen molar-refractivity contribution in [1.82, 2.24) is 10.6 Å². The van der Waals surface area contributed by atoms with Gasteiger partial charge in [-0.1, -0.05) is 18.2 Å². The van der Waals surface area contributed by atoms with Crippen LogP contribution in [0.5, 0.6) is 5.75 Å². The van der Waals surface area contributed by atoms with Crippen LogP contribution in [0, 0.1) is 0 Å². The van der Waals surface area contributed by atoms with Crippen molar-refractivity contribution in [3.8, 4) is 5.75 Å².